The highest BCUT2D eigenvalue weighted by Gasteiger charge is 2.39. The summed E-state index contributed by atoms with van der Waals surface area (Å²) >= 11 is 0. The highest BCUT2D eigenvalue weighted by atomic mass is 19.4. The van der Waals surface area contributed by atoms with Crippen LogP contribution in [0.1, 0.15) is 35.3 Å². The number of ketones is 1. The maximum absolute atomic E-state index is 12.3. The zero-order valence-electron chi connectivity index (χ0n) is 10.7. The summed E-state index contributed by atoms with van der Waals surface area (Å²) in [5, 5.41) is 0.902. The van der Waals surface area contributed by atoms with Gasteiger partial charge in [0.15, 0.2) is 0 Å². The van der Waals surface area contributed by atoms with Crippen LogP contribution < -0.4 is 5.43 Å². The van der Waals surface area contributed by atoms with Gasteiger partial charge in [0.25, 0.3) is 5.91 Å². The Morgan fingerprint density at radius 1 is 1.35 bits per heavy atom. The molecule has 1 unspecified atom stereocenters. The minimum absolute atomic E-state index is 0.0202. The van der Waals surface area contributed by atoms with Gasteiger partial charge in [-0.3, -0.25) is 14.6 Å². The van der Waals surface area contributed by atoms with Crippen LogP contribution in [0.3, 0.4) is 0 Å². The molecule has 0 radical (unpaired) electrons. The molecule has 1 aromatic carbocycles. The Morgan fingerprint density at radius 3 is 2.60 bits per heavy atom. The van der Waals surface area contributed by atoms with E-state index in [1.54, 1.807) is 24.3 Å². The average Bonchev–Trinajstić information content (AvgIpc) is 2.60. The molecule has 0 fully saturated rings. The molecule has 0 bridgehead atoms. The molecule has 108 valence electrons. The van der Waals surface area contributed by atoms with E-state index < -0.39 is 24.7 Å². The summed E-state index contributed by atoms with van der Waals surface area (Å²) in [6.45, 7) is 0.0223. The van der Waals surface area contributed by atoms with Gasteiger partial charge >= 0.3 is 6.18 Å². The van der Waals surface area contributed by atoms with Crippen LogP contribution in [0.15, 0.2) is 24.3 Å². The SMILES string of the molecule is CC(=O)CC1c2ccccc2C(=O)N1NCC(F)(F)F. The molecule has 0 aliphatic carbocycles. The summed E-state index contributed by atoms with van der Waals surface area (Å²) in [5.41, 5.74) is 2.98. The van der Waals surface area contributed by atoms with Crippen LogP contribution in [-0.2, 0) is 4.79 Å². The second kappa shape index (κ2) is 5.24. The highest BCUT2D eigenvalue weighted by Crippen LogP contribution is 2.34. The average molecular weight is 286 g/mol. The van der Waals surface area contributed by atoms with Crippen LogP contribution in [0.2, 0.25) is 0 Å². The van der Waals surface area contributed by atoms with Gasteiger partial charge in [0.05, 0.1) is 6.04 Å². The molecule has 1 aromatic rings. The van der Waals surface area contributed by atoms with Crippen LogP contribution >= 0.6 is 0 Å². The number of rotatable bonds is 4. The molecule has 1 heterocycles. The molecular weight excluding hydrogens is 273 g/mol. The Morgan fingerprint density at radius 2 is 2.00 bits per heavy atom. The summed E-state index contributed by atoms with van der Waals surface area (Å²) in [6, 6.07) is 5.82. The Labute approximate surface area is 113 Å². The van der Waals surface area contributed by atoms with Crippen LogP contribution in [-0.4, -0.2) is 29.4 Å². The van der Waals surface area contributed by atoms with Crippen LogP contribution in [0.4, 0.5) is 13.2 Å². The van der Waals surface area contributed by atoms with Crippen molar-refractivity contribution in [1.82, 2.24) is 10.4 Å². The lowest BCUT2D eigenvalue weighted by molar-refractivity contribution is -0.134. The largest absolute Gasteiger partial charge is 0.402 e. The van der Waals surface area contributed by atoms with Crippen molar-refractivity contribution in [2.24, 2.45) is 0 Å². The summed E-state index contributed by atoms with van der Waals surface area (Å²) in [7, 11) is 0. The topological polar surface area (TPSA) is 49.4 Å². The Kier molecular flexibility index (Phi) is 3.80. The van der Waals surface area contributed by atoms with E-state index in [0.717, 1.165) is 5.01 Å². The Balaban J connectivity index is 2.26. The predicted molar refractivity (Wildman–Crippen MR) is 64.7 cm³/mol. The molecule has 0 spiro atoms. The third-order valence-electron chi connectivity index (χ3n) is 3.01. The number of hydrazine groups is 1. The fourth-order valence-corrected chi connectivity index (χ4v) is 2.22. The number of carbonyl (C=O) groups excluding carboxylic acids is 2. The van der Waals surface area contributed by atoms with Crippen molar-refractivity contribution < 1.29 is 22.8 Å². The van der Waals surface area contributed by atoms with Crippen molar-refractivity contribution in [1.29, 1.82) is 0 Å². The molecule has 1 aliphatic rings. The van der Waals surface area contributed by atoms with Crippen LogP contribution in [0, 0.1) is 0 Å². The lowest BCUT2D eigenvalue weighted by Gasteiger charge is -2.25. The summed E-state index contributed by atoms with van der Waals surface area (Å²) in [4.78, 5) is 23.4. The fraction of sp³-hybridized carbons (Fsp3) is 0.385. The summed E-state index contributed by atoms with van der Waals surface area (Å²) in [5.74, 6) is -0.741. The van der Waals surface area contributed by atoms with E-state index in [2.05, 4.69) is 5.43 Å². The molecule has 1 amide bonds. The van der Waals surface area contributed by atoms with Crippen molar-refractivity contribution in [2.75, 3.05) is 6.54 Å². The predicted octanol–water partition coefficient (Wildman–Crippen LogP) is 2.23. The van der Waals surface area contributed by atoms with Crippen molar-refractivity contribution in [2.45, 2.75) is 25.6 Å². The van der Waals surface area contributed by atoms with Gasteiger partial charge in [0.1, 0.15) is 12.3 Å². The van der Waals surface area contributed by atoms with Gasteiger partial charge < -0.3 is 0 Å². The molecule has 0 saturated heterocycles. The third kappa shape index (κ3) is 2.98. The second-order valence-electron chi connectivity index (χ2n) is 4.63. The lowest BCUT2D eigenvalue weighted by atomic mass is 10.0. The minimum Gasteiger partial charge on any atom is -0.300 e. The van der Waals surface area contributed by atoms with Gasteiger partial charge in [0, 0.05) is 12.0 Å². The maximum atomic E-state index is 12.3. The number of nitrogens with one attached hydrogen (secondary N) is 1. The third-order valence-corrected chi connectivity index (χ3v) is 3.01. The van der Waals surface area contributed by atoms with Crippen LogP contribution in [0.25, 0.3) is 0 Å². The molecule has 1 N–H and O–H groups in total. The first-order chi connectivity index (χ1) is 9.29. The molecule has 7 heteroatoms. The highest BCUT2D eigenvalue weighted by molar-refractivity contribution is 5.99. The van der Waals surface area contributed by atoms with Gasteiger partial charge in [-0.25, -0.2) is 5.43 Å². The number of nitrogens with zero attached hydrogens (tertiary/aromatic N) is 1. The first-order valence-corrected chi connectivity index (χ1v) is 6.02. The smallest absolute Gasteiger partial charge is 0.300 e. The van der Waals surface area contributed by atoms with E-state index in [1.165, 1.54) is 6.92 Å². The van der Waals surface area contributed by atoms with Gasteiger partial charge in [-0.15, -0.1) is 0 Å². The number of fused-ring (bicyclic) bond motifs is 1. The zero-order chi connectivity index (χ0) is 14.9. The van der Waals surface area contributed by atoms with Crippen LogP contribution in [0.5, 0.6) is 0 Å². The first kappa shape index (κ1) is 14.5. The van der Waals surface area contributed by atoms with E-state index in [0.29, 0.717) is 11.1 Å². The number of benzene rings is 1. The minimum atomic E-state index is -4.43. The monoisotopic (exact) mass is 286 g/mol. The zero-order valence-corrected chi connectivity index (χ0v) is 10.7. The lowest BCUT2D eigenvalue weighted by Crippen LogP contribution is -2.45. The van der Waals surface area contributed by atoms with E-state index in [4.69, 9.17) is 0 Å². The molecule has 1 aliphatic heterocycles. The maximum Gasteiger partial charge on any atom is 0.402 e. The van der Waals surface area contributed by atoms with E-state index >= 15 is 0 Å². The quantitative estimate of drug-likeness (QED) is 0.923. The van der Waals surface area contributed by atoms with Crippen molar-refractivity contribution in [3.8, 4) is 0 Å². The van der Waals surface area contributed by atoms with E-state index in [-0.39, 0.29) is 12.2 Å². The second-order valence-corrected chi connectivity index (χ2v) is 4.63. The van der Waals surface area contributed by atoms with E-state index in [9.17, 15) is 22.8 Å². The molecular formula is C13H13F3N2O2. The first-order valence-electron chi connectivity index (χ1n) is 6.02. The molecule has 0 saturated carbocycles. The number of Topliss-reactive ketones (excluding diaryl/α,β-unsaturated/α-hetero) is 1. The van der Waals surface area contributed by atoms with Crippen molar-refractivity contribution in [3.05, 3.63) is 35.4 Å². The standard InChI is InChI=1S/C13H13F3N2O2/c1-8(19)6-11-9-4-2-3-5-10(9)12(20)18(11)17-7-13(14,15)16/h2-5,11,17H,6-7H2,1H3. The molecule has 20 heavy (non-hydrogen) atoms. The number of halogens is 3. The summed E-state index contributed by atoms with van der Waals surface area (Å²) in [6.07, 6.45) is -4.45. The normalized spacial score (nSPS) is 18.3. The van der Waals surface area contributed by atoms with Crippen molar-refractivity contribution in [3.63, 3.8) is 0 Å². The number of alkyl halides is 3. The van der Waals surface area contributed by atoms with Gasteiger partial charge in [-0.05, 0) is 18.6 Å². The van der Waals surface area contributed by atoms with Crippen molar-refractivity contribution >= 4 is 11.7 Å². The number of amides is 1. The van der Waals surface area contributed by atoms with Gasteiger partial charge in [-0.1, -0.05) is 18.2 Å². The number of hydrogen-bond donors (Lipinski definition) is 1. The Hall–Kier alpha value is -1.89. The molecule has 0 aromatic heterocycles. The summed E-state index contributed by atoms with van der Waals surface area (Å²) < 4.78 is 36.9. The number of carbonyl (C=O) groups is 2. The molecule has 2 rings (SSSR count). The fourth-order valence-electron chi connectivity index (χ4n) is 2.22. The van der Waals surface area contributed by atoms with Gasteiger partial charge in [-0.2, -0.15) is 13.2 Å². The number of hydrogen-bond acceptors (Lipinski definition) is 3. The molecule has 4 nitrogen and oxygen atoms in total. The van der Waals surface area contributed by atoms with E-state index in [1.807, 2.05) is 0 Å². The Bertz CT molecular complexity index is 543. The van der Waals surface area contributed by atoms with Gasteiger partial charge in [0.2, 0.25) is 0 Å². The molecule has 1 atom stereocenters.